The normalized spacial score (nSPS) is 22.2. The summed E-state index contributed by atoms with van der Waals surface area (Å²) in [5.41, 5.74) is 0. The fourth-order valence-electron chi connectivity index (χ4n) is 1.59. The maximum atomic E-state index is 8.76. The minimum absolute atomic E-state index is 0.255. The van der Waals surface area contributed by atoms with Gasteiger partial charge in [-0.2, -0.15) is 0 Å². The Kier molecular flexibility index (Phi) is 16.7. The first-order valence-electron chi connectivity index (χ1n) is 5.64. The van der Waals surface area contributed by atoms with Crippen molar-refractivity contribution in [2.24, 2.45) is 11.8 Å². The molecule has 1 aliphatic carbocycles. The molecule has 0 aromatic carbocycles. The van der Waals surface area contributed by atoms with Crippen LogP contribution in [0.1, 0.15) is 26.2 Å². The van der Waals surface area contributed by atoms with Crippen LogP contribution >= 0.6 is 11.8 Å². The number of thioether (sulfide) groups is 1. The van der Waals surface area contributed by atoms with Crippen LogP contribution in [0, 0.1) is 11.8 Å². The van der Waals surface area contributed by atoms with Crippen molar-refractivity contribution >= 4 is 11.8 Å². The largest absolute Gasteiger partial charge is 0.396 e. The van der Waals surface area contributed by atoms with Gasteiger partial charge in [0.2, 0.25) is 0 Å². The summed E-state index contributed by atoms with van der Waals surface area (Å²) in [6, 6.07) is 0. The highest BCUT2D eigenvalue weighted by Gasteiger charge is 2.25. The van der Waals surface area contributed by atoms with E-state index in [4.69, 9.17) is 10.2 Å². The molecule has 1 saturated carbocycles. The molecule has 0 heterocycles. The lowest BCUT2D eigenvalue weighted by molar-refractivity contribution is 0.141. The SMILES string of the molecule is C=CC.C=CSC.OC[C@@H]1CCC[C@@H]1CO. The monoisotopic (exact) mass is 246 g/mol. The molecule has 0 amide bonds. The number of rotatable bonds is 3. The Bertz CT molecular complexity index is 150. The summed E-state index contributed by atoms with van der Waals surface area (Å²) in [6.45, 7) is 9.20. The molecular formula is C13H26O2S. The Morgan fingerprint density at radius 3 is 1.69 bits per heavy atom. The second kappa shape index (κ2) is 14.8. The highest BCUT2D eigenvalue weighted by atomic mass is 32.2. The van der Waals surface area contributed by atoms with E-state index in [0.717, 1.165) is 12.8 Å². The molecule has 0 spiro atoms. The van der Waals surface area contributed by atoms with Crippen molar-refractivity contribution in [3.05, 3.63) is 24.6 Å². The first-order chi connectivity index (χ1) is 7.71. The zero-order valence-electron chi connectivity index (χ0n) is 10.6. The lowest BCUT2D eigenvalue weighted by atomic mass is 9.98. The van der Waals surface area contributed by atoms with Crippen molar-refractivity contribution < 1.29 is 10.2 Å². The fraction of sp³-hybridized carbons (Fsp3) is 0.692. The van der Waals surface area contributed by atoms with E-state index in [1.54, 1.807) is 23.2 Å². The minimum Gasteiger partial charge on any atom is -0.396 e. The molecule has 1 aliphatic rings. The standard InChI is InChI=1S/C7H14O2.C3H6S.C3H6/c8-4-6-2-1-3-7(6)5-9;1-3-4-2;1-3-2/h6-9H,1-5H2;3H,1H2,2H3;3H,1H2,2H3/t6-,7+;;. The van der Waals surface area contributed by atoms with Crippen molar-refractivity contribution in [3.8, 4) is 0 Å². The number of aliphatic hydroxyl groups excluding tert-OH is 2. The summed E-state index contributed by atoms with van der Waals surface area (Å²) >= 11 is 1.62. The fourth-order valence-corrected chi connectivity index (χ4v) is 1.59. The van der Waals surface area contributed by atoms with Crippen LogP contribution in [-0.2, 0) is 0 Å². The maximum Gasteiger partial charge on any atom is 0.0462 e. The van der Waals surface area contributed by atoms with Crippen molar-refractivity contribution in [1.82, 2.24) is 0 Å². The highest BCUT2D eigenvalue weighted by Crippen LogP contribution is 2.30. The van der Waals surface area contributed by atoms with E-state index in [0.29, 0.717) is 11.8 Å². The average Bonchev–Trinajstić information content (AvgIpc) is 2.77. The summed E-state index contributed by atoms with van der Waals surface area (Å²) in [5, 5.41) is 19.3. The van der Waals surface area contributed by atoms with E-state index in [-0.39, 0.29) is 13.2 Å². The van der Waals surface area contributed by atoms with Gasteiger partial charge in [0, 0.05) is 13.2 Å². The van der Waals surface area contributed by atoms with Crippen molar-refractivity contribution in [3.63, 3.8) is 0 Å². The number of allylic oxidation sites excluding steroid dienone is 1. The molecule has 0 bridgehead atoms. The van der Waals surface area contributed by atoms with Crippen LogP contribution in [-0.4, -0.2) is 29.7 Å². The smallest absolute Gasteiger partial charge is 0.0462 e. The molecule has 0 saturated heterocycles. The molecule has 96 valence electrons. The van der Waals surface area contributed by atoms with Gasteiger partial charge in [0.05, 0.1) is 0 Å². The molecule has 16 heavy (non-hydrogen) atoms. The molecule has 0 aliphatic heterocycles. The van der Waals surface area contributed by atoms with E-state index in [2.05, 4.69) is 13.2 Å². The Balaban J connectivity index is 0. The predicted molar refractivity (Wildman–Crippen MR) is 74.6 cm³/mol. The van der Waals surface area contributed by atoms with Gasteiger partial charge in [0.25, 0.3) is 0 Å². The summed E-state index contributed by atoms with van der Waals surface area (Å²) < 4.78 is 0. The first-order valence-corrected chi connectivity index (χ1v) is 6.92. The van der Waals surface area contributed by atoms with Crippen molar-refractivity contribution in [1.29, 1.82) is 0 Å². The summed E-state index contributed by atoms with van der Waals surface area (Å²) in [6.07, 6.45) is 7.10. The van der Waals surface area contributed by atoms with Gasteiger partial charge in [-0.25, -0.2) is 0 Å². The third-order valence-corrected chi connectivity index (χ3v) is 2.79. The van der Waals surface area contributed by atoms with E-state index >= 15 is 0 Å². The average molecular weight is 246 g/mol. The Morgan fingerprint density at radius 2 is 1.50 bits per heavy atom. The molecule has 0 unspecified atom stereocenters. The predicted octanol–water partition coefficient (Wildman–Crippen LogP) is 3.07. The molecule has 2 N–H and O–H groups in total. The first kappa shape index (κ1) is 18.1. The van der Waals surface area contributed by atoms with Gasteiger partial charge in [-0.05, 0) is 43.3 Å². The van der Waals surface area contributed by atoms with E-state index < -0.39 is 0 Å². The van der Waals surface area contributed by atoms with Gasteiger partial charge >= 0.3 is 0 Å². The van der Waals surface area contributed by atoms with Gasteiger partial charge in [-0.1, -0.05) is 19.1 Å². The second-order valence-corrected chi connectivity index (χ2v) is 4.43. The van der Waals surface area contributed by atoms with Crippen LogP contribution in [0.15, 0.2) is 24.6 Å². The topological polar surface area (TPSA) is 40.5 Å². The minimum atomic E-state index is 0.255. The van der Waals surface area contributed by atoms with Gasteiger partial charge in [-0.3, -0.25) is 0 Å². The molecule has 2 nitrogen and oxygen atoms in total. The van der Waals surface area contributed by atoms with Crippen LogP contribution in [0.4, 0.5) is 0 Å². The Labute approximate surface area is 104 Å². The molecule has 2 atom stereocenters. The third-order valence-electron chi connectivity index (χ3n) is 2.45. The maximum absolute atomic E-state index is 8.76. The number of aliphatic hydroxyl groups is 2. The summed E-state index contributed by atoms with van der Waals surface area (Å²) in [5.74, 6) is 0.769. The van der Waals surface area contributed by atoms with E-state index in [1.165, 1.54) is 6.42 Å². The lowest BCUT2D eigenvalue weighted by Gasteiger charge is -2.12. The molecule has 1 fully saturated rings. The van der Waals surface area contributed by atoms with Crippen molar-refractivity contribution in [2.75, 3.05) is 19.5 Å². The van der Waals surface area contributed by atoms with E-state index in [9.17, 15) is 0 Å². The molecule has 0 aromatic rings. The quantitative estimate of drug-likeness (QED) is 0.752. The third kappa shape index (κ3) is 10.3. The van der Waals surface area contributed by atoms with Crippen LogP contribution in [0.5, 0.6) is 0 Å². The van der Waals surface area contributed by atoms with Gasteiger partial charge < -0.3 is 10.2 Å². The molecule has 0 radical (unpaired) electrons. The number of hydrogen-bond donors (Lipinski definition) is 2. The summed E-state index contributed by atoms with van der Waals surface area (Å²) in [4.78, 5) is 0. The van der Waals surface area contributed by atoms with Crippen LogP contribution in [0.25, 0.3) is 0 Å². The Hall–Kier alpha value is -0.250. The van der Waals surface area contributed by atoms with Crippen molar-refractivity contribution in [2.45, 2.75) is 26.2 Å². The van der Waals surface area contributed by atoms with Gasteiger partial charge in [-0.15, -0.1) is 18.3 Å². The Morgan fingerprint density at radius 1 is 1.19 bits per heavy atom. The molecule has 3 heteroatoms. The number of hydrogen-bond acceptors (Lipinski definition) is 3. The second-order valence-electron chi connectivity index (χ2n) is 3.63. The van der Waals surface area contributed by atoms with Gasteiger partial charge in [0.15, 0.2) is 0 Å². The lowest BCUT2D eigenvalue weighted by Crippen LogP contribution is -2.15. The molecule has 0 aromatic heterocycles. The zero-order valence-corrected chi connectivity index (χ0v) is 11.4. The van der Waals surface area contributed by atoms with Gasteiger partial charge in [0.1, 0.15) is 0 Å². The summed E-state index contributed by atoms with van der Waals surface area (Å²) in [7, 11) is 0. The zero-order chi connectivity index (χ0) is 12.8. The van der Waals surface area contributed by atoms with E-state index in [1.807, 2.05) is 13.2 Å². The van der Waals surface area contributed by atoms with Crippen LogP contribution in [0.2, 0.25) is 0 Å². The van der Waals surface area contributed by atoms with Crippen LogP contribution in [0.3, 0.4) is 0 Å². The highest BCUT2D eigenvalue weighted by molar-refractivity contribution is 8.01. The molecule has 1 rings (SSSR count). The van der Waals surface area contributed by atoms with Crippen LogP contribution < -0.4 is 0 Å². The molecular weight excluding hydrogens is 220 g/mol.